The maximum Gasteiger partial charge on any atom is 0.224 e. The number of rotatable bonds is 5. The van der Waals surface area contributed by atoms with Crippen LogP contribution < -0.4 is 4.74 Å². The lowest BCUT2D eigenvalue weighted by Gasteiger charge is -2.08. The van der Waals surface area contributed by atoms with Gasteiger partial charge in [0.15, 0.2) is 11.6 Å². The van der Waals surface area contributed by atoms with Crippen molar-refractivity contribution in [2.45, 2.75) is 20.5 Å². The molecule has 0 aliphatic heterocycles. The number of hydrogen-bond acceptors (Lipinski definition) is 5. The standard InChI is InChI=1S/C13H14ClN3O2/c1-3-18-8-12-16-11(14)7-13(17-12)19-10-5-4-6-15-9(10)2/h4-7H,3,8H2,1-2H3. The second-order valence-electron chi connectivity index (χ2n) is 3.77. The van der Waals surface area contributed by atoms with Gasteiger partial charge in [-0.05, 0) is 26.0 Å². The molecule has 0 radical (unpaired) electrons. The number of pyridine rings is 1. The van der Waals surface area contributed by atoms with Gasteiger partial charge in [0.25, 0.3) is 0 Å². The summed E-state index contributed by atoms with van der Waals surface area (Å²) in [6.45, 7) is 4.66. The van der Waals surface area contributed by atoms with Crippen molar-refractivity contribution in [3.05, 3.63) is 41.1 Å². The van der Waals surface area contributed by atoms with E-state index >= 15 is 0 Å². The summed E-state index contributed by atoms with van der Waals surface area (Å²) >= 11 is 5.93. The van der Waals surface area contributed by atoms with E-state index in [0.29, 0.717) is 35.8 Å². The zero-order valence-corrected chi connectivity index (χ0v) is 11.5. The zero-order chi connectivity index (χ0) is 13.7. The highest BCUT2D eigenvalue weighted by Crippen LogP contribution is 2.23. The first-order valence-electron chi connectivity index (χ1n) is 5.89. The number of nitrogens with zero attached hydrogens (tertiary/aromatic N) is 3. The molecule has 0 aliphatic carbocycles. The molecule has 0 atom stereocenters. The Morgan fingerprint density at radius 2 is 2.16 bits per heavy atom. The summed E-state index contributed by atoms with van der Waals surface area (Å²) in [4.78, 5) is 12.4. The van der Waals surface area contributed by atoms with E-state index in [9.17, 15) is 0 Å². The van der Waals surface area contributed by atoms with Gasteiger partial charge in [-0.2, -0.15) is 4.98 Å². The third-order valence-electron chi connectivity index (χ3n) is 2.33. The fourth-order valence-electron chi connectivity index (χ4n) is 1.44. The summed E-state index contributed by atoms with van der Waals surface area (Å²) in [6.07, 6.45) is 1.70. The number of ether oxygens (including phenoxy) is 2. The van der Waals surface area contributed by atoms with Crippen LogP contribution in [-0.2, 0) is 11.3 Å². The average molecular weight is 280 g/mol. The maximum atomic E-state index is 5.93. The zero-order valence-electron chi connectivity index (χ0n) is 10.8. The molecule has 0 aromatic carbocycles. The van der Waals surface area contributed by atoms with Crippen LogP contribution in [0.3, 0.4) is 0 Å². The van der Waals surface area contributed by atoms with Crippen LogP contribution in [0.2, 0.25) is 5.15 Å². The molecular formula is C13H14ClN3O2. The van der Waals surface area contributed by atoms with Crippen molar-refractivity contribution in [3.63, 3.8) is 0 Å². The number of halogens is 1. The highest BCUT2D eigenvalue weighted by Gasteiger charge is 2.07. The van der Waals surface area contributed by atoms with Crippen molar-refractivity contribution >= 4 is 11.6 Å². The van der Waals surface area contributed by atoms with E-state index in [1.54, 1.807) is 18.3 Å². The third-order valence-corrected chi connectivity index (χ3v) is 2.52. The molecule has 0 saturated carbocycles. The summed E-state index contributed by atoms with van der Waals surface area (Å²) in [6, 6.07) is 5.18. The second-order valence-corrected chi connectivity index (χ2v) is 4.16. The Hall–Kier alpha value is -1.72. The van der Waals surface area contributed by atoms with Crippen LogP contribution in [0.15, 0.2) is 24.4 Å². The molecule has 0 N–H and O–H groups in total. The van der Waals surface area contributed by atoms with Crippen molar-refractivity contribution < 1.29 is 9.47 Å². The van der Waals surface area contributed by atoms with Gasteiger partial charge in [-0.25, -0.2) is 4.98 Å². The fraction of sp³-hybridized carbons (Fsp3) is 0.308. The summed E-state index contributed by atoms with van der Waals surface area (Å²) in [5.41, 5.74) is 0.781. The summed E-state index contributed by atoms with van der Waals surface area (Å²) in [5.74, 6) is 1.51. The first kappa shape index (κ1) is 13.7. The molecule has 0 amide bonds. The van der Waals surface area contributed by atoms with E-state index in [1.165, 1.54) is 0 Å². The van der Waals surface area contributed by atoms with Gasteiger partial charge in [-0.15, -0.1) is 0 Å². The van der Waals surface area contributed by atoms with Crippen molar-refractivity contribution in [3.8, 4) is 11.6 Å². The molecule has 100 valence electrons. The van der Waals surface area contributed by atoms with Gasteiger partial charge in [-0.3, -0.25) is 4.98 Å². The van der Waals surface area contributed by atoms with Gasteiger partial charge >= 0.3 is 0 Å². The SMILES string of the molecule is CCOCc1nc(Cl)cc(Oc2cccnc2C)n1. The molecule has 0 aliphatic rings. The Labute approximate surface area is 116 Å². The first-order chi connectivity index (χ1) is 9.19. The van der Waals surface area contributed by atoms with Crippen LogP contribution in [-0.4, -0.2) is 21.6 Å². The van der Waals surface area contributed by atoms with Crippen molar-refractivity contribution in [1.82, 2.24) is 15.0 Å². The number of aromatic nitrogens is 3. The first-order valence-corrected chi connectivity index (χ1v) is 6.27. The van der Waals surface area contributed by atoms with Crippen LogP contribution in [0.5, 0.6) is 11.6 Å². The molecular weight excluding hydrogens is 266 g/mol. The van der Waals surface area contributed by atoms with Gasteiger partial charge in [0, 0.05) is 18.9 Å². The maximum absolute atomic E-state index is 5.93. The summed E-state index contributed by atoms with van der Waals surface area (Å²) in [5, 5.41) is 0.321. The monoisotopic (exact) mass is 279 g/mol. The Morgan fingerprint density at radius 3 is 2.89 bits per heavy atom. The minimum atomic E-state index is 0.305. The molecule has 2 heterocycles. The van der Waals surface area contributed by atoms with Crippen LogP contribution in [0.4, 0.5) is 0 Å². The van der Waals surface area contributed by atoms with Gasteiger partial charge < -0.3 is 9.47 Å². The smallest absolute Gasteiger partial charge is 0.224 e. The molecule has 0 unspecified atom stereocenters. The largest absolute Gasteiger partial charge is 0.437 e. The number of hydrogen-bond donors (Lipinski definition) is 0. The van der Waals surface area contributed by atoms with Gasteiger partial charge in [0.2, 0.25) is 5.88 Å². The van der Waals surface area contributed by atoms with Crippen molar-refractivity contribution in [2.75, 3.05) is 6.61 Å². The quantitative estimate of drug-likeness (QED) is 0.787. The van der Waals surface area contributed by atoms with Gasteiger partial charge in [0.1, 0.15) is 11.8 Å². The lowest BCUT2D eigenvalue weighted by Crippen LogP contribution is -2.01. The topological polar surface area (TPSA) is 57.1 Å². The van der Waals surface area contributed by atoms with Gasteiger partial charge in [0.05, 0.1) is 5.69 Å². The van der Waals surface area contributed by atoms with E-state index in [0.717, 1.165) is 5.69 Å². The lowest BCUT2D eigenvalue weighted by molar-refractivity contribution is 0.128. The Bertz CT molecular complexity index is 563. The van der Waals surface area contributed by atoms with E-state index in [2.05, 4.69) is 15.0 Å². The van der Waals surface area contributed by atoms with Gasteiger partial charge in [-0.1, -0.05) is 11.6 Å². The van der Waals surface area contributed by atoms with Crippen LogP contribution in [0.1, 0.15) is 18.4 Å². The predicted octanol–water partition coefficient (Wildman–Crippen LogP) is 3.16. The molecule has 0 saturated heterocycles. The second kappa shape index (κ2) is 6.45. The average Bonchev–Trinajstić information content (AvgIpc) is 2.38. The number of aryl methyl sites for hydroxylation is 1. The summed E-state index contributed by atoms with van der Waals surface area (Å²) < 4.78 is 10.9. The van der Waals surface area contributed by atoms with E-state index < -0.39 is 0 Å². The van der Waals surface area contributed by atoms with Crippen molar-refractivity contribution in [1.29, 1.82) is 0 Å². The van der Waals surface area contributed by atoms with Crippen molar-refractivity contribution in [2.24, 2.45) is 0 Å². The Kier molecular flexibility index (Phi) is 4.65. The minimum Gasteiger partial charge on any atom is -0.437 e. The lowest BCUT2D eigenvalue weighted by atomic mass is 10.3. The molecule has 0 spiro atoms. The molecule has 2 aromatic heterocycles. The van der Waals surface area contributed by atoms with Crippen LogP contribution in [0.25, 0.3) is 0 Å². The summed E-state index contributed by atoms with van der Waals surface area (Å²) in [7, 11) is 0. The van der Waals surface area contributed by atoms with E-state index in [1.807, 2.05) is 19.9 Å². The van der Waals surface area contributed by atoms with Crippen LogP contribution in [0, 0.1) is 6.92 Å². The molecule has 6 heteroatoms. The molecule has 19 heavy (non-hydrogen) atoms. The third kappa shape index (κ3) is 3.87. The Balaban J connectivity index is 2.20. The Morgan fingerprint density at radius 1 is 1.32 bits per heavy atom. The van der Waals surface area contributed by atoms with E-state index in [-0.39, 0.29) is 0 Å². The normalized spacial score (nSPS) is 10.5. The fourth-order valence-corrected chi connectivity index (χ4v) is 1.63. The van der Waals surface area contributed by atoms with E-state index in [4.69, 9.17) is 21.1 Å². The molecule has 2 aromatic rings. The molecule has 5 nitrogen and oxygen atoms in total. The molecule has 0 bridgehead atoms. The highest BCUT2D eigenvalue weighted by molar-refractivity contribution is 6.29. The highest BCUT2D eigenvalue weighted by atomic mass is 35.5. The molecule has 0 fully saturated rings. The minimum absolute atomic E-state index is 0.305. The molecule has 2 rings (SSSR count). The predicted molar refractivity (Wildman–Crippen MR) is 71.4 cm³/mol. The van der Waals surface area contributed by atoms with Crippen LogP contribution >= 0.6 is 11.6 Å².